The molecule has 1 aromatic carbocycles. The molecule has 2 heterocycles. The average molecular weight is 380 g/mol. The Morgan fingerprint density at radius 2 is 1.92 bits per heavy atom. The Morgan fingerprint density at radius 3 is 2.56 bits per heavy atom. The smallest absolute Gasteiger partial charge is 0.273 e. The molecule has 0 aliphatic carbocycles. The van der Waals surface area contributed by atoms with Gasteiger partial charge in [-0.1, -0.05) is 11.6 Å². The number of piperazine rings is 1. The van der Waals surface area contributed by atoms with Crippen molar-refractivity contribution in [3.05, 3.63) is 45.4 Å². The molecule has 0 N–H and O–H groups in total. The van der Waals surface area contributed by atoms with E-state index in [1.54, 1.807) is 12.1 Å². The number of rotatable bonds is 5. The van der Waals surface area contributed by atoms with E-state index >= 15 is 0 Å². The highest BCUT2D eigenvalue weighted by Crippen LogP contribution is 2.19. The number of benzene rings is 1. The molecule has 2 aromatic rings. The van der Waals surface area contributed by atoms with Crippen molar-refractivity contribution in [2.24, 2.45) is 0 Å². The van der Waals surface area contributed by atoms with Crippen molar-refractivity contribution in [3.8, 4) is 5.75 Å². The number of carbonyl (C=O) groups is 1. The zero-order valence-electron chi connectivity index (χ0n) is 14.4. The van der Waals surface area contributed by atoms with Gasteiger partial charge < -0.3 is 9.64 Å². The molecule has 0 unspecified atom stereocenters. The van der Waals surface area contributed by atoms with E-state index in [1.807, 2.05) is 22.4 Å². The van der Waals surface area contributed by atoms with E-state index < -0.39 is 0 Å². The Balaban J connectivity index is 1.54. The lowest BCUT2D eigenvalue weighted by Gasteiger charge is -2.36. The first-order valence-corrected chi connectivity index (χ1v) is 9.65. The maximum atomic E-state index is 12.6. The maximum Gasteiger partial charge on any atom is 0.273 e. The summed E-state index contributed by atoms with van der Waals surface area (Å²) in [4.78, 5) is 21.3. The molecular formula is C18H22ClN3O2S. The van der Waals surface area contributed by atoms with Crippen LogP contribution in [0.1, 0.15) is 29.3 Å². The minimum Gasteiger partial charge on any atom is -0.486 e. The van der Waals surface area contributed by atoms with Crippen LogP contribution in [0.5, 0.6) is 5.75 Å². The Morgan fingerprint density at radius 1 is 1.24 bits per heavy atom. The molecule has 1 aliphatic rings. The van der Waals surface area contributed by atoms with Gasteiger partial charge in [0.1, 0.15) is 23.1 Å². The van der Waals surface area contributed by atoms with Crippen LogP contribution in [0.2, 0.25) is 5.02 Å². The molecule has 1 aromatic heterocycles. The number of thiazole rings is 1. The minimum absolute atomic E-state index is 0.0115. The SMILES string of the molecule is CC(C)N1CCN(C(=O)c2csc(COc3ccc(Cl)cc3)n2)CC1. The van der Waals surface area contributed by atoms with Gasteiger partial charge >= 0.3 is 0 Å². The van der Waals surface area contributed by atoms with Gasteiger partial charge in [0.15, 0.2) is 0 Å². The molecule has 0 bridgehead atoms. The van der Waals surface area contributed by atoms with Gasteiger partial charge in [-0.2, -0.15) is 0 Å². The zero-order valence-corrected chi connectivity index (χ0v) is 16.0. The molecule has 0 saturated carbocycles. The monoisotopic (exact) mass is 379 g/mol. The average Bonchev–Trinajstić information content (AvgIpc) is 3.10. The van der Waals surface area contributed by atoms with E-state index in [0.29, 0.717) is 23.4 Å². The lowest BCUT2D eigenvalue weighted by molar-refractivity contribution is 0.0590. The van der Waals surface area contributed by atoms with E-state index in [9.17, 15) is 4.79 Å². The summed E-state index contributed by atoms with van der Waals surface area (Å²) in [5, 5.41) is 3.28. The van der Waals surface area contributed by atoms with Gasteiger partial charge in [-0.05, 0) is 38.1 Å². The fourth-order valence-electron chi connectivity index (χ4n) is 2.75. The minimum atomic E-state index is 0.0115. The standard InChI is InChI=1S/C18H22ClN3O2S/c1-13(2)21-7-9-22(10-8-21)18(23)16-12-25-17(20-16)11-24-15-5-3-14(19)4-6-15/h3-6,12-13H,7-11H2,1-2H3. The quantitative estimate of drug-likeness (QED) is 0.797. The van der Waals surface area contributed by atoms with E-state index in [2.05, 4.69) is 23.7 Å². The van der Waals surface area contributed by atoms with E-state index in [0.717, 1.165) is 36.9 Å². The summed E-state index contributed by atoms with van der Waals surface area (Å²) < 4.78 is 5.68. The van der Waals surface area contributed by atoms with Crippen LogP contribution in [0.4, 0.5) is 0 Å². The molecule has 0 atom stereocenters. The van der Waals surface area contributed by atoms with Gasteiger partial charge in [-0.25, -0.2) is 4.98 Å². The Bertz CT molecular complexity index is 709. The predicted molar refractivity (Wildman–Crippen MR) is 101 cm³/mol. The van der Waals surface area contributed by atoms with Crippen molar-refractivity contribution in [2.75, 3.05) is 26.2 Å². The van der Waals surface area contributed by atoms with Crippen molar-refractivity contribution in [3.63, 3.8) is 0 Å². The molecule has 3 rings (SSSR count). The van der Waals surface area contributed by atoms with Crippen LogP contribution >= 0.6 is 22.9 Å². The molecule has 5 nitrogen and oxygen atoms in total. The number of nitrogens with zero attached hydrogens (tertiary/aromatic N) is 3. The molecule has 1 aliphatic heterocycles. The molecule has 0 radical (unpaired) electrons. The lowest BCUT2D eigenvalue weighted by atomic mass is 10.2. The Labute approximate surface area is 157 Å². The largest absolute Gasteiger partial charge is 0.486 e. The number of hydrogen-bond donors (Lipinski definition) is 0. The molecule has 7 heteroatoms. The van der Waals surface area contributed by atoms with E-state index in [1.165, 1.54) is 11.3 Å². The van der Waals surface area contributed by atoms with Crippen LogP contribution < -0.4 is 4.74 Å². The fraction of sp³-hybridized carbons (Fsp3) is 0.444. The highest BCUT2D eigenvalue weighted by molar-refractivity contribution is 7.09. The normalized spacial score (nSPS) is 15.6. The molecule has 134 valence electrons. The van der Waals surface area contributed by atoms with Crippen LogP contribution in [0.15, 0.2) is 29.6 Å². The molecule has 1 amide bonds. The second-order valence-corrected chi connectivity index (χ2v) is 7.67. The van der Waals surface area contributed by atoms with Crippen LogP contribution in [-0.2, 0) is 6.61 Å². The number of hydrogen-bond acceptors (Lipinski definition) is 5. The van der Waals surface area contributed by atoms with E-state index in [4.69, 9.17) is 16.3 Å². The summed E-state index contributed by atoms with van der Waals surface area (Å²) in [5.74, 6) is 0.745. The van der Waals surface area contributed by atoms with Crippen molar-refractivity contribution < 1.29 is 9.53 Å². The third kappa shape index (κ3) is 4.71. The summed E-state index contributed by atoms with van der Waals surface area (Å²) in [6, 6.07) is 7.72. The number of carbonyl (C=O) groups excluding carboxylic acids is 1. The van der Waals surface area contributed by atoms with Gasteiger partial charge in [0.25, 0.3) is 5.91 Å². The van der Waals surface area contributed by atoms with Gasteiger partial charge in [-0.15, -0.1) is 11.3 Å². The van der Waals surface area contributed by atoms with Crippen molar-refractivity contribution in [2.45, 2.75) is 26.5 Å². The fourth-order valence-corrected chi connectivity index (χ4v) is 3.56. The molecule has 25 heavy (non-hydrogen) atoms. The topological polar surface area (TPSA) is 45.7 Å². The number of ether oxygens (including phenoxy) is 1. The summed E-state index contributed by atoms with van der Waals surface area (Å²) in [6.07, 6.45) is 0. The van der Waals surface area contributed by atoms with Gasteiger partial charge in [0.05, 0.1) is 0 Å². The second-order valence-electron chi connectivity index (χ2n) is 6.29. The van der Waals surface area contributed by atoms with Crippen LogP contribution in [0, 0.1) is 0 Å². The van der Waals surface area contributed by atoms with Crippen LogP contribution in [0.3, 0.4) is 0 Å². The highest BCUT2D eigenvalue weighted by Gasteiger charge is 2.24. The van der Waals surface area contributed by atoms with Crippen molar-refractivity contribution in [1.82, 2.24) is 14.8 Å². The second kappa shape index (κ2) is 8.17. The summed E-state index contributed by atoms with van der Waals surface area (Å²) >= 11 is 7.31. The molecular weight excluding hydrogens is 358 g/mol. The number of halogens is 1. The predicted octanol–water partition coefficient (Wildman–Crippen LogP) is 3.54. The first-order valence-electron chi connectivity index (χ1n) is 8.39. The number of aromatic nitrogens is 1. The van der Waals surface area contributed by atoms with Crippen molar-refractivity contribution in [1.29, 1.82) is 0 Å². The third-order valence-electron chi connectivity index (χ3n) is 4.28. The first-order chi connectivity index (χ1) is 12.0. The molecule has 0 spiro atoms. The number of amides is 1. The molecule has 1 fully saturated rings. The van der Waals surface area contributed by atoms with Gasteiger partial charge in [-0.3, -0.25) is 9.69 Å². The Kier molecular flexibility index (Phi) is 5.93. The van der Waals surface area contributed by atoms with Crippen molar-refractivity contribution >= 4 is 28.8 Å². The van der Waals surface area contributed by atoms with Crippen LogP contribution in [-0.4, -0.2) is 52.9 Å². The van der Waals surface area contributed by atoms with Gasteiger partial charge in [0.2, 0.25) is 0 Å². The van der Waals surface area contributed by atoms with E-state index in [-0.39, 0.29) is 5.91 Å². The maximum absolute atomic E-state index is 12.6. The first kappa shape index (κ1) is 18.2. The van der Waals surface area contributed by atoms with Gasteiger partial charge in [0, 0.05) is 42.6 Å². The highest BCUT2D eigenvalue weighted by atomic mass is 35.5. The summed E-state index contributed by atoms with van der Waals surface area (Å²) in [7, 11) is 0. The Hall–Kier alpha value is -1.63. The van der Waals surface area contributed by atoms with Crippen LogP contribution in [0.25, 0.3) is 0 Å². The lowest BCUT2D eigenvalue weighted by Crippen LogP contribution is -2.50. The molecule has 1 saturated heterocycles. The summed E-state index contributed by atoms with van der Waals surface area (Å²) in [5.41, 5.74) is 0.512. The zero-order chi connectivity index (χ0) is 17.8. The summed E-state index contributed by atoms with van der Waals surface area (Å²) in [6.45, 7) is 8.06. The third-order valence-corrected chi connectivity index (χ3v) is 5.35.